The summed E-state index contributed by atoms with van der Waals surface area (Å²) in [4.78, 5) is 15.1. The van der Waals surface area contributed by atoms with E-state index in [0.717, 1.165) is 37.7 Å². The Morgan fingerprint density at radius 1 is 0.839 bits per heavy atom. The highest BCUT2D eigenvalue weighted by molar-refractivity contribution is 6.04. The van der Waals surface area contributed by atoms with E-state index in [0.29, 0.717) is 5.56 Å². The largest absolute Gasteiger partial charge is 0.322 e. The average molecular weight is 413 g/mol. The predicted octanol–water partition coefficient (Wildman–Crippen LogP) is 5.96. The van der Waals surface area contributed by atoms with Crippen LogP contribution in [0.25, 0.3) is 0 Å². The number of rotatable bonds is 7. The van der Waals surface area contributed by atoms with Crippen molar-refractivity contribution >= 4 is 11.6 Å². The molecule has 0 aliphatic carbocycles. The molecule has 1 fully saturated rings. The van der Waals surface area contributed by atoms with Gasteiger partial charge in [0.25, 0.3) is 5.91 Å². The fourth-order valence-corrected chi connectivity index (χ4v) is 4.34. The van der Waals surface area contributed by atoms with Crippen LogP contribution >= 0.6 is 0 Å². The van der Waals surface area contributed by atoms with Crippen LogP contribution in [0.15, 0.2) is 78.9 Å². The highest BCUT2D eigenvalue weighted by atomic mass is 16.1. The summed E-state index contributed by atoms with van der Waals surface area (Å²) in [5.74, 6) is 0.730. The molecular weight excluding hydrogens is 380 g/mol. The first kappa shape index (κ1) is 21.3. The number of hydrogen-bond donors (Lipinski definition) is 1. The number of anilines is 1. The van der Waals surface area contributed by atoms with Crippen LogP contribution in [0.1, 0.15) is 46.8 Å². The zero-order chi connectivity index (χ0) is 21.5. The highest BCUT2D eigenvalue weighted by Crippen LogP contribution is 2.23. The van der Waals surface area contributed by atoms with E-state index >= 15 is 0 Å². The molecule has 3 nitrogen and oxygen atoms in total. The van der Waals surface area contributed by atoms with Crippen molar-refractivity contribution in [2.75, 3.05) is 18.4 Å². The van der Waals surface area contributed by atoms with Crippen LogP contribution in [0, 0.1) is 5.92 Å². The number of carbonyl (C=O) groups is 1. The van der Waals surface area contributed by atoms with Gasteiger partial charge in [-0.1, -0.05) is 61.5 Å². The van der Waals surface area contributed by atoms with Crippen LogP contribution in [0.3, 0.4) is 0 Å². The van der Waals surface area contributed by atoms with Crippen LogP contribution in [0.2, 0.25) is 0 Å². The van der Waals surface area contributed by atoms with E-state index in [4.69, 9.17) is 0 Å². The number of amides is 1. The molecule has 1 aliphatic heterocycles. The minimum Gasteiger partial charge on any atom is -0.322 e. The fourth-order valence-electron chi connectivity index (χ4n) is 4.34. The molecular formula is C28H32N2O. The second-order valence-corrected chi connectivity index (χ2v) is 8.61. The molecule has 0 unspecified atom stereocenters. The molecule has 0 saturated carbocycles. The van der Waals surface area contributed by atoms with E-state index < -0.39 is 0 Å². The van der Waals surface area contributed by atoms with Crippen molar-refractivity contribution in [3.8, 4) is 0 Å². The Kier molecular flexibility index (Phi) is 7.16. The van der Waals surface area contributed by atoms with Gasteiger partial charge in [-0.05, 0) is 85.6 Å². The SMILES string of the molecule is CCc1ccc(NC(=O)c2ccc(CN3CCC(Cc4ccccc4)CC3)cc2)cc1. The van der Waals surface area contributed by atoms with Gasteiger partial charge >= 0.3 is 0 Å². The molecule has 0 atom stereocenters. The lowest BCUT2D eigenvalue weighted by Gasteiger charge is -2.32. The van der Waals surface area contributed by atoms with Gasteiger partial charge in [-0.3, -0.25) is 9.69 Å². The second kappa shape index (κ2) is 10.4. The lowest BCUT2D eigenvalue weighted by molar-refractivity contribution is 0.102. The molecule has 3 aromatic rings. The molecule has 1 saturated heterocycles. The first-order valence-electron chi connectivity index (χ1n) is 11.4. The number of benzene rings is 3. The van der Waals surface area contributed by atoms with Crippen LogP contribution in [-0.2, 0) is 19.4 Å². The Morgan fingerprint density at radius 3 is 2.13 bits per heavy atom. The standard InChI is InChI=1S/C28H32N2O/c1-2-22-10-14-27(15-11-22)29-28(31)26-12-8-25(9-13-26)21-30-18-16-24(17-19-30)20-23-6-4-3-5-7-23/h3-15,24H,2,16-21H2,1H3,(H,29,31). The molecule has 3 heteroatoms. The van der Waals surface area contributed by atoms with Crippen LogP contribution in [-0.4, -0.2) is 23.9 Å². The zero-order valence-electron chi connectivity index (χ0n) is 18.4. The molecule has 3 aromatic carbocycles. The summed E-state index contributed by atoms with van der Waals surface area (Å²) in [6.07, 6.45) is 4.71. The summed E-state index contributed by atoms with van der Waals surface area (Å²) < 4.78 is 0. The van der Waals surface area contributed by atoms with Gasteiger partial charge in [0.1, 0.15) is 0 Å². The fraction of sp³-hybridized carbons (Fsp3) is 0.321. The van der Waals surface area contributed by atoms with Gasteiger partial charge in [0.2, 0.25) is 0 Å². The van der Waals surface area contributed by atoms with Crippen LogP contribution in [0.5, 0.6) is 0 Å². The number of hydrogen-bond acceptors (Lipinski definition) is 2. The van der Waals surface area contributed by atoms with E-state index in [-0.39, 0.29) is 5.91 Å². The monoisotopic (exact) mass is 412 g/mol. The third kappa shape index (κ3) is 6.05. The van der Waals surface area contributed by atoms with Crippen molar-refractivity contribution in [2.24, 2.45) is 5.92 Å². The Morgan fingerprint density at radius 2 is 1.48 bits per heavy atom. The Hall–Kier alpha value is -2.91. The molecule has 4 rings (SSSR count). The molecule has 1 amide bonds. The molecule has 0 spiro atoms. The van der Waals surface area contributed by atoms with E-state index in [1.165, 1.54) is 36.0 Å². The number of likely N-dealkylation sites (tertiary alicyclic amines) is 1. The summed E-state index contributed by atoms with van der Waals surface area (Å²) in [6.45, 7) is 5.38. The van der Waals surface area contributed by atoms with Crippen molar-refractivity contribution in [2.45, 2.75) is 39.2 Å². The Labute approximate surface area is 186 Å². The molecule has 160 valence electrons. The number of piperidine rings is 1. The van der Waals surface area contributed by atoms with Crippen LogP contribution in [0.4, 0.5) is 5.69 Å². The van der Waals surface area contributed by atoms with E-state index in [1.54, 1.807) is 0 Å². The smallest absolute Gasteiger partial charge is 0.255 e. The normalized spacial score (nSPS) is 15.0. The minimum absolute atomic E-state index is 0.0578. The third-order valence-corrected chi connectivity index (χ3v) is 6.32. The second-order valence-electron chi connectivity index (χ2n) is 8.61. The quantitative estimate of drug-likeness (QED) is 0.520. The minimum atomic E-state index is -0.0578. The van der Waals surface area contributed by atoms with Gasteiger partial charge in [-0.15, -0.1) is 0 Å². The lowest BCUT2D eigenvalue weighted by Crippen LogP contribution is -2.33. The molecule has 1 N–H and O–H groups in total. The van der Waals surface area contributed by atoms with Gasteiger partial charge in [0, 0.05) is 17.8 Å². The van der Waals surface area contributed by atoms with Crippen LogP contribution < -0.4 is 5.32 Å². The summed E-state index contributed by atoms with van der Waals surface area (Å²) >= 11 is 0. The molecule has 0 radical (unpaired) electrons. The van der Waals surface area contributed by atoms with E-state index in [1.807, 2.05) is 24.3 Å². The maximum absolute atomic E-state index is 12.5. The molecule has 1 heterocycles. The van der Waals surface area contributed by atoms with Gasteiger partial charge in [0.05, 0.1) is 0 Å². The van der Waals surface area contributed by atoms with Crippen molar-refractivity contribution in [1.29, 1.82) is 0 Å². The number of nitrogens with zero attached hydrogens (tertiary/aromatic N) is 1. The van der Waals surface area contributed by atoms with Gasteiger partial charge in [-0.2, -0.15) is 0 Å². The van der Waals surface area contributed by atoms with E-state index in [9.17, 15) is 4.79 Å². The van der Waals surface area contributed by atoms with Crippen molar-refractivity contribution in [3.63, 3.8) is 0 Å². The van der Waals surface area contributed by atoms with Gasteiger partial charge in [0.15, 0.2) is 0 Å². The summed E-state index contributed by atoms with van der Waals surface area (Å²) in [6, 6.07) is 26.9. The third-order valence-electron chi connectivity index (χ3n) is 6.32. The summed E-state index contributed by atoms with van der Waals surface area (Å²) in [7, 11) is 0. The maximum atomic E-state index is 12.5. The Balaban J connectivity index is 1.25. The van der Waals surface area contributed by atoms with Crippen molar-refractivity contribution in [1.82, 2.24) is 4.90 Å². The molecule has 1 aliphatic rings. The Bertz CT molecular complexity index is 956. The summed E-state index contributed by atoms with van der Waals surface area (Å²) in [5, 5.41) is 2.99. The summed E-state index contributed by atoms with van der Waals surface area (Å²) in [5.41, 5.74) is 5.53. The number of nitrogens with one attached hydrogen (secondary N) is 1. The molecule has 31 heavy (non-hydrogen) atoms. The van der Waals surface area contributed by atoms with Crippen molar-refractivity contribution in [3.05, 3.63) is 101 Å². The van der Waals surface area contributed by atoms with Crippen molar-refractivity contribution < 1.29 is 4.79 Å². The first-order valence-corrected chi connectivity index (χ1v) is 11.4. The highest BCUT2D eigenvalue weighted by Gasteiger charge is 2.19. The number of aryl methyl sites for hydroxylation is 1. The van der Waals surface area contributed by atoms with E-state index in [2.05, 4.69) is 71.7 Å². The first-order chi connectivity index (χ1) is 15.2. The molecule has 0 bridgehead atoms. The predicted molar refractivity (Wildman–Crippen MR) is 128 cm³/mol. The topological polar surface area (TPSA) is 32.3 Å². The number of carbonyl (C=O) groups excluding carboxylic acids is 1. The lowest BCUT2D eigenvalue weighted by atomic mass is 9.90. The zero-order valence-corrected chi connectivity index (χ0v) is 18.4. The van der Waals surface area contributed by atoms with Gasteiger partial charge < -0.3 is 5.32 Å². The maximum Gasteiger partial charge on any atom is 0.255 e. The molecule has 0 aromatic heterocycles. The van der Waals surface area contributed by atoms with Gasteiger partial charge in [-0.25, -0.2) is 0 Å². The average Bonchev–Trinajstić information content (AvgIpc) is 2.82.